The maximum Gasteiger partial charge on any atom is 0.269 e. The van der Waals surface area contributed by atoms with Crippen LogP contribution in [0, 0.1) is 5.41 Å². The normalized spacial score (nSPS) is 13.5. The van der Waals surface area contributed by atoms with E-state index in [-0.39, 0.29) is 6.41 Å². The van der Waals surface area contributed by atoms with Crippen molar-refractivity contribution in [1.29, 1.82) is 0 Å². The van der Waals surface area contributed by atoms with E-state index in [0.717, 1.165) is 42.3 Å². The van der Waals surface area contributed by atoms with Gasteiger partial charge in [0.15, 0.2) is 5.69 Å². The first-order chi connectivity index (χ1) is 14.9. The minimum Gasteiger partial charge on any atom is -0.378 e. The van der Waals surface area contributed by atoms with Gasteiger partial charge in [-0.15, -0.1) is 0 Å². The summed E-state index contributed by atoms with van der Waals surface area (Å²) in [4.78, 5) is 29.3. The molecule has 2 amide bonds. The van der Waals surface area contributed by atoms with Crippen molar-refractivity contribution in [3.8, 4) is 11.4 Å². The summed E-state index contributed by atoms with van der Waals surface area (Å²) in [7, 11) is 6.07. The number of carbonyl (C=O) groups is 2. The molecule has 2 heterocycles. The van der Waals surface area contributed by atoms with Gasteiger partial charge in [0, 0.05) is 38.4 Å². The van der Waals surface area contributed by atoms with E-state index in [1.807, 2.05) is 26.2 Å². The van der Waals surface area contributed by atoms with Crippen LogP contribution < -0.4 is 16.4 Å². The average molecular weight is 445 g/mol. The van der Waals surface area contributed by atoms with Crippen molar-refractivity contribution in [2.24, 2.45) is 16.9 Å². The number of aromatic nitrogens is 2. The number of imidazole rings is 1. The van der Waals surface area contributed by atoms with E-state index >= 15 is 0 Å². The lowest BCUT2D eigenvalue weighted by Crippen LogP contribution is -2.21. The standard InChI is InChI=1S/C17H23N5O.C6H14.CH3NO/c1-20(2)13-7-4-6-12(10-13)17-19-15(16(18)23)14-11-21(3)8-5-9-22(14)17;1-5-6(2,3)4;2-1-3/h4,6-7,10H,5,8-9,11H2,1-3H3,(H2,18,23);5H2,1-4H3;1H,(H2,2,3). The zero-order valence-corrected chi connectivity index (χ0v) is 20.7. The topological polar surface area (TPSA) is 110 Å². The summed E-state index contributed by atoms with van der Waals surface area (Å²) in [5.41, 5.74) is 13.7. The third-order valence-electron chi connectivity index (χ3n) is 5.33. The SMILES string of the molecule is CCC(C)(C)C.CN1CCCn2c(-c3cccc(N(C)C)c3)nc(C(N)=O)c2C1.NC=O. The minimum atomic E-state index is -0.459. The second kappa shape index (κ2) is 12.2. The molecule has 178 valence electrons. The van der Waals surface area contributed by atoms with Gasteiger partial charge in [0.05, 0.1) is 5.69 Å². The molecule has 4 N–H and O–H groups in total. The van der Waals surface area contributed by atoms with Gasteiger partial charge in [-0.1, -0.05) is 46.2 Å². The number of nitrogens with two attached hydrogens (primary N) is 2. The van der Waals surface area contributed by atoms with Gasteiger partial charge >= 0.3 is 0 Å². The van der Waals surface area contributed by atoms with Crippen LogP contribution in [0.5, 0.6) is 0 Å². The molecule has 0 spiro atoms. The molecule has 0 aliphatic carbocycles. The highest BCUT2D eigenvalue weighted by Gasteiger charge is 2.24. The third kappa shape index (κ3) is 8.00. The summed E-state index contributed by atoms with van der Waals surface area (Å²) in [6.07, 6.45) is 2.55. The summed E-state index contributed by atoms with van der Waals surface area (Å²) in [6, 6.07) is 8.19. The number of anilines is 1. The van der Waals surface area contributed by atoms with Crippen LogP contribution in [0.4, 0.5) is 5.69 Å². The van der Waals surface area contributed by atoms with Crippen molar-refractivity contribution in [2.45, 2.75) is 53.6 Å². The van der Waals surface area contributed by atoms with Gasteiger partial charge in [0.2, 0.25) is 6.41 Å². The molecule has 32 heavy (non-hydrogen) atoms. The highest BCUT2D eigenvalue weighted by molar-refractivity contribution is 5.93. The summed E-state index contributed by atoms with van der Waals surface area (Å²) >= 11 is 0. The fraction of sp³-hybridized carbons (Fsp3) is 0.542. The molecule has 2 aromatic rings. The van der Waals surface area contributed by atoms with Crippen LogP contribution in [-0.4, -0.2) is 54.5 Å². The average Bonchev–Trinajstić information content (AvgIpc) is 2.96. The van der Waals surface area contributed by atoms with Crippen LogP contribution in [0.3, 0.4) is 0 Å². The summed E-state index contributed by atoms with van der Waals surface area (Å²) in [5, 5.41) is 0. The Hall–Kier alpha value is -2.87. The maximum atomic E-state index is 11.8. The highest BCUT2D eigenvalue weighted by Crippen LogP contribution is 2.28. The van der Waals surface area contributed by atoms with E-state index in [4.69, 9.17) is 10.5 Å². The lowest BCUT2D eigenvalue weighted by Gasteiger charge is -2.14. The summed E-state index contributed by atoms with van der Waals surface area (Å²) in [6.45, 7) is 11.5. The minimum absolute atomic E-state index is 0.250. The molecule has 0 radical (unpaired) electrons. The van der Waals surface area contributed by atoms with Gasteiger partial charge in [-0.25, -0.2) is 4.98 Å². The lowest BCUT2D eigenvalue weighted by molar-refractivity contribution is -0.106. The molecule has 0 saturated heterocycles. The molecule has 0 unspecified atom stereocenters. The number of amides is 2. The molecular formula is C24H40N6O2. The van der Waals surface area contributed by atoms with E-state index in [1.165, 1.54) is 6.42 Å². The van der Waals surface area contributed by atoms with Gasteiger partial charge < -0.3 is 25.8 Å². The number of rotatable bonds is 3. The number of benzene rings is 1. The van der Waals surface area contributed by atoms with Crippen LogP contribution in [0.2, 0.25) is 0 Å². The van der Waals surface area contributed by atoms with Gasteiger partial charge in [-0.3, -0.25) is 9.59 Å². The Labute approximate surface area is 192 Å². The quantitative estimate of drug-likeness (QED) is 0.707. The smallest absolute Gasteiger partial charge is 0.269 e. The van der Waals surface area contributed by atoms with Crippen molar-refractivity contribution in [3.05, 3.63) is 35.7 Å². The predicted molar refractivity (Wildman–Crippen MR) is 131 cm³/mol. The number of fused-ring (bicyclic) bond motifs is 1. The Bertz CT molecular complexity index is 883. The van der Waals surface area contributed by atoms with Gasteiger partial charge in [0.1, 0.15) is 5.82 Å². The number of hydrogen-bond donors (Lipinski definition) is 2. The van der Waals surface area contributed by atoms with Crippen molar-refractivity contribution in [3.63, 3.8) is 0 Å². The van der Waals surface area contributed by atoms with E-state index < -0.39 is 5.91 Å². The van der Waals surface area contributed by atoms with E-state index in [1.54, 1.807) is 0 Å². The van der Waals surface area contributed by atoms with Gasteiger partial charge in [-0.05, 0) is 37.6 Å². The van der Waals surface area contributed by atoms with Crippen molar-refractivity contribution >= 4 is 18.0 Å². The monoisotopic (exact) mass is 444 g/mol. The van der Waals surface area contributed by atoms with Crippen molar-refractivity contribution in [2.75, 3.05) is 32.6 Å². The Morgan fingerprint density at radius 1 is 1.25 bits per heavy atom. The van der Waals surface area contributed by atoms with Gasteiger partial charge in [-0.2, -0.15) is 0 Å². The third-order valence-corrected chi connectivity index (χ3v) is 5.33. The van der Waals surface area contributed by atoms with Crippen LogP contribution in [0.1, 0.15) is 56.7 Å². The van der Waals surface area contributed by atoms with Gasteiger partial charge in [0.25, 0.3) is 5.91 Å². The molecule has 0 bridgehead atoms. The highest BCUT2D eigenvalue weighted by atomic mass is 16.1. The molecule has 1 aliphatic rings. The first-order valence-electron chi connectivity index (χ1n) is 11.0. The molecular weight excluding hydrogens is 404 g/mol. The molecule has 0 saturated carbocycles. The predicted octanol–water partition coefficient (Wildman–Crippen LogP) is 3.09. The van der Waals surface area contributed by atoms with Crippen LogP contribution in [-0.2, 0) is 17.9 Å². The maximum absolute atomic E-state index is 11.8. The summed E-state index contributed by atoms with van der Waals surface area (Å²) < 4.78 is 2.15. The van der Waals surface area contributed by atoms with E-state index in [9.17, 15) is 4.79 Å². The van der Waals surface area contributed by atoms with Crippen LogP contribution in [0.15, 0.2) is 24.3 Å². The van der Waals surface area contributed by atoms with Crippen LogP contribution >= 0.6 is 0 Å². The summed E-state index contributed by atoms with van der Waals surface area (Å²) in [5.74, 6) is 0.367. The van der Waals surface area contributed by atoms with Crippen molar-refractivity contribution < 1.29 is 9.59 Å². The lowest BCUT2D eigenvalue weighted by atomic mass is 9.94. The first-order valence-corrected chi connectivity index (χ1v) is 11.0. The van der Waals surface area contributed by atoms with Crippen molar-refractivity contribution in [1.82, 2.24) is 14.5 Å². The Morgan fingerprint density at radius 3 is 2.34 bits per heavy atom. The molecule has 1 aromatic carbocycles. The first kappa shape index (κ1) is 27.2. The molecule has 8 nitrogen and oxygen atoms in total. The second-order valence-electron chi connectivity index (χ2n) is 9.33. The number of hydrogen-bond acceptors (Lipinski definition) is 5. The van der Waals surface area contributed by atoms with E-state index in [2.05, 4.69) is 72.0 Å². The van der Waals surface area contributed by atoms with E-state index in [0.29, 0.717) is 17.7 Å². The molecule has 0 fully saturated rings. The Balaban J connectivity index is 0.000000486. The molecule has 1 aliphatic heterocycles. The number of nitrogens with zero attached hydrogens (tertiary/aromatic N) is 4. The fourth-order valence-corrected chi connectivity index (χ4v) is 3.06. The molecule has 8 heteroatoms. The number of carbonyl (C=O) groups excluding carboxylic acids is 2. The molecule has 0 atom stereocenters. The van der Waals surface area contributed by atoms with Crippen LogP contribution in [0.25, 0.3) is 11.4 Å². The number of primary amides is 2. The Kier molecular flexibility index (Phi) is 10.4. The molecule has 3 rings (SSSR count). The Morgan fingerprint density at radius 2 is 1.84 bits per heavy atom. The molecule has 1 aromatic heterocycles. The zero-order chi connectivity index (χ0) is 24.5. The second-order valence-corrected chi connectivity index (χ2v) is 9.33. The zero-order valence-electron chi connectivity index (χ0n) is 20.7. The largest absolute Gasteiger partial charge is 0.378 e. The fourth-order valence-electron chi connectivity index (χ4n) is 3.06.